The summed E-state index contributed by atoms with van der Waals surface area (Å²) >= 11 is 0. The Kier molecular flexibility index (Phi) is 6.30. The van der Waals surface area contributed by atoms with Crippen molar-refractivity contribution in [3.63, 3.8) is 0 Å². The molecule has 0 fully saturated rings. The number of rotatable bonds is 6. The van der Waals surface area contributed by atoms with Crippen LogP contribution in [0.4, 0.5) is 26.3 Å². The Morgan fingerprint density at radius 3 is 1.57 bits per heavy atom. The minimum absolute atomic E-state index is 0.227. The summed E-state index contributed by atoms with van der Waals surface area (Å²) in [6, 6.07) is -0.991. The van der Waals surface area contributed by atoms with Gasteiger partial charge in [-0.3, -0.25) is 0 Å². The number of nitrogens with zero attached hydrogens (tertiary/aromatic N) is 1. The molecule has 0 unspecified atom stereocenters. The molecule has 12 heteroatoms. The van der Waals surface area contributed by atoms with Gasteiger partial charge in [0, 0.05) is 18.1 Å². The molecule has 5 nitrogen and oxygen atoms in total. The lowest BCUT2D eigenvalue weighted by Crippen LogP contribution is -2.55. The van der Waals surface area contributed by atoms with E-state index in [2.05, 4.69) is 0 Å². The van der Waals surface area contributed by atoms with E-state index in [1.165, 1.54) is 13.8 Å². The van der Waals surface area contributed by atoms with Crippen molar-refractivity contribution >= 4 is 7.75 Å². The van der Waals surface area contributed by atoms with Crippen LogP contribution in [0.3, 0.4) is 0 Å². The molecule has 0 heterocycles. The molecule has 0 saturated heterocycles. The molecular formula is C9H17F6N2O3P. The van der Waals surface area contributed by atoms with E-state index >= 15 is 0 Å². The minimum Gasteiger partial charge on any atom is -0.323 e. The smallest absolute Gasteiger partial charge is 0.323 e. The fourth-order valence-corrected chi connectivity index (χ4v) is 2.94. The topological polar surface area (TPSA) is 86.8 Å². The maximum Gasteiger partial charge on any atom is 0.403 e. The fourth-order valence-electron chi connectivity index (χ4n) is 1.87. The first-order valence-corrected chi connectivity index (χ1v) is 7.27. The second-order valence-electron chi connectivity index (χ2n) is 5.15. The SMILES string of the molecule is CC(C)N(CC(N)(CC(F)(F)F)CC(F)(F)F)P(=O)(O)O. The minimum atomic E-state index is -5.04. The quantitative estimate of drug-likeness (QED) is 0.508. The summed E-state index contributed by atoms with van der Waals surface area (Å²) in [4.78, 5) is 18.1. The Morgan fingerprint density at radius 1 is 1.05 bits per heavy atom. The largest absolute Gasteiger partial charge is 0.403 e. The van der Waals surface area contributed by atoms with Crippen LogP contribution < -0.4 is 5.73 Å². The third-order valence-corrected chi connectivity index (χ3v) is 3.79. The fraction of sp³-hybridized carbons (Fsp3) is 1.00. The Hall–Kier alpha value is -0.350. The molecule has 4 N–H and O–H groups in total. The summed E-state index contributed by atoms with van der Waals surface area (Å²) in [6.45, 7) is 1.20. The molecule has 21 heavy (non-hydrogen) atoms. The van der Waals surface area contributed by atoms with Gasteiger partial charge < -0.3 is 15.5 Å². The van der Waals surface area contributed by atoms with Crippen LogP contribution in [0.25, 0.3) is 0 Å². The molecule has 0 saturated carbocycles. The zero-order valence-electron chi connectivity index (χ0n) is 11.2. The van der Waals surface area contributed by atoms with Gasteiger partial charge >= 0.3 is 20.1 Å². The monoisotopic (exact) mass is 346 g/mol. The molecule has 0 aromatic heterocycles. The van der Waals surface area contributed by atoms with Crippen LogP contribution in [0.5, 0.6) is 0 Å². The Bertz CT molecular complexity index is 376. The molecule has 128 valence electrons. The predicted octanol–water partition coefficient (Wildman–Crippen LogP) is 2.39. The Morgan fingerprint density at radius 2 is 1.38 bits per heavy atom. The van der Waals surface area contributed by atoms with Gasteiger partial charge in [-0.15, -0.1) is 0 Å². The van der Waals surface area contributed by atoms with Crippen LogP contribution in [-0.2, 0) is 4.57 Å². The molecule has 0 radical (unpaired) electrons. The number of hydrogen-bond acceptors (Lipinski definition) is 2. The third-order valence-electron chi connectivity index (χ3n) is 2.51. The molecular weight excluding hydrogens is 329 g/mol. The first-order chi connectivity index (χ1) is 8.95. The first kappa shape index (κ1) is 20.6. The highest BCUT2D eigenvalue weighted by Gasteiger charge is 2.49. The van der Waals surface area contributed by atoms with Crippen LogP contribution in [0.1, 0.15) is 26.7 Å². The van der Waals surface area contributed by atoms with Crippen LogP contribution >= 0.6 is 7.75 Å². The van der Waals surface area contributed by atoms with Crippen molar-refractivity contribution in [1.82, 2.24) is 4.67 Å². The lowest BCUT2D eigenvalue weighted by molar-refractivity contribution is -0.179. The zero-order valence-corrected chi connectivity index (χ0v) is 12.1. The maximum absolute atomic E-state index is 12.4. The molecule has 0 bridgehead atoms. The van der Waals surface area contributed by atoms with E-state index in [1.807, 2.05) is 0 Å². The highest BCUT2D eigenvalue weighted by molar-refractivity contribution is 7.49. The van der Waals surface area contributed by atoms with Gasteiger partial charge in [0.2, 0.25) is 0 Å². The van der Waals surface area contributed by atoms with Crippen molar-refractivity contribution in [1.29, 1.82) is 0 Å². The van der Waals surface area contributed by atoms with Gasteiger partial charge in [-0.2, -0.15) is 26.3 Å². The highest BCUT2D eigenvalue weighted by atomic mass is 31.2. The lowest BCUT2D eigenvalue weighted by Gasteiger charge is -2.38. The number of nitrogens with two attached hydrogens (primary N) is 1. The van der Waals surface area contributed by atoms with E-state index in [-0.39, 0.29) is 4.67 Å². The summed E-state index contributed by atoms with van der Waals surface area (Å²) < 4.78 is 85.9. The molecule has 0 amide bonds. The van der Waals surface area contributed by atoms with Crippen LogP contribution in [0.2, 0.25) is 0 Å². The highest BCUT2D eigenvalue weighted by Crippen LogP contribution is 2.45. The predicted molar refractivity (Wildman–Crippen MR) is 62.1 cm³/mol. The van der Waals surface area contributed by atoms with Gasteiger partial charge in [0.05, 0.1) is 12.8 Å². The number of alkyl halides is 6. The number of hydrogen-bond donors (Lipinski definition) is 3. The maximum atomic E-state index is 12.4. The van der Waals surface area contributed by atoms with Gasteiger partial charge in [-0.05, 0) is 13.8 Å². The van der Waals surface area contributed by atoms with E-state index in [9.17, 15) is 30.9 Å². The molecule has 0 spiro atoms. The Labute approximate surface area is 117 Å². The summed E-state index contributed by atoms with van der Waals surface area (Å²) in [5, 5.41) is 0. The number of halogens is 6. The average molecular weight is 346 g/mol. The van der Waals surface area contributed by atoms with E-state index in [1.54, 1.807) is 0 Å². The van der Waals surface area contributed by atoms with Crippen molar-refractivity contribution < 1.29 is 40.7 Å². The molecule has 0 aliphatic carbocycles. The molecule has 0 atom stereocenters. The van der Waals surface area contributed by atoms with Gasteiger partial charge in [0.25, 0.3) is 0 Å². The second kappa shape index (κ2) is 6.41. The molecule has 0 aliphatic rings. The van der Waals surface area contributed by atoms with Gasteiger partial charge in [0.15, 0.2) is 0 Å². The second-order valence-corrected chi connectivity index (χ2v) is 6.69. The van der Waals surface area contributed by atoms with Gasteiger partial charge in [-0.25, -0.2) is 9.24 Å². The summed E-state index contributed by atoms with van der Waals surface area (Å²) in [5.74, 6) is 0. The molecule has 0 aromatic rings. The summed E-state index contributed by atoms with van der Waals surface area (Å²) in [7, 11) is -5.04. The average Bonchev–Trinajstić information content (AvgIpc) is 2.04. The van der Waals surface area contributed by atoms with Crippen LogP contribution in [0.15, 0.2) is 0 Å². The van der Waals surface area contributed by atoms with Crippen LogP contribution in [0, 0.1) is 0 Å². The summed E-state index contributed by atoms with van der Waals surface area (Å²) in [5.41, 5.74) is 2.29. The molecule has 0 aromatic carbocycles. The van der Waals surface area contributed by atoms with E-state index in [0.717, 1.165) is 0 Å². The van der Waals surface area contributed by atoms with E-state index < -0.39 is 51.1 Å². The van der Waals surface area contributed by atoms with Crippen molar-refractivity contribution in [2.45, 2.75) is 50.6 Å². The van der Waals surface area contributed by atoms with Gasteiger partial charge in [0.1, 0.15) is 0 Å². The van der Waals surface area contributed by atoms with E-state index in [0.29, 0.717) is 0 Å². The summed E-state index contributed by atoms with van der Waals surface area (Å²) in [6.07, 6.45) is -14.0. The molecule has 0 aliphatic heterocycles. The van der Waals surface area contributed by atoms with Gasteiger partial charge in [-0.1, -0.05) is 0 Å². The van der Waals surface area contributed by atoms with Crippen LogP contribution in [-0.4, -0.2) is 44.9 Å². The zero-order chi connectivity index (χ0) is 17.3. The van der Waals surface area contributed by atoms with Crippen molar-refractivity contribution in [3.05, 3.63) is 0 Å². The van der Waals surface area contributed by atoms with E-state index in [4.69, 9.17) is 15.5 Å². The van der Waals surface area contributed by atoms with Crippen molar-refractivity contribution in [2.75, 3.05) is 6.54 Å². The first-order valence-electron chi connectivity index (χ1n) is 5.70. The Balaban J connectivity index is 5.45. The lowest BCUT2D eigenvalue weighted by atomic mass is 9.91. The molecule has 0 rings (SSSR count). The standard InChI is InChI=1S/C9H17F6N2O3P/c1-6(2)17(21(18,19)20)5-7(16,3-8(10,11)12)4-9(13,14)15/h6H,3-5,16H2,1-2H3,(H2,18,19,20). The third kappa shape index (κ3) is 8.62. The normalized spacial score (nSPS) is 15.1. The van der Waals surface area contributed by atoms with Crippen molar-refractivity contribution in [3.8, 4) is 0 Å². The van der Waals surface area contributed by atoms with Crippen molar-refractivity contribution in [2.24, 2.45) is 5.73 Å².